The number of nitrogens with two attached hydrogens (primary N) is 5. The second kappa shape index (κ2) is 35.3. The summed E-state index contributed by atoms with van der Waals surface area (Å²) >= 11 is 0.665. The SMILES string of the molecule is CC(C)[C@H](NC(=O)[C@H](CCCCN)NC(=O)[C@@H](N)Cc1ccc(O)cc1)C(=O)N[C@@H](CC(N)=O)C(=O)N[C@@H](CCC(=O)O)C(=O)N[C@@H](Cc1ccc(O)cc1)C(=O)N[C@@H](CCC(N)=O)C(=O)NCC(=O)SCCC(=O)N[C@@H](C)C(N)=O. The van der Waals surface area contributed by atoms with Crippen LogP contribution in [0.5, 0.6) is 11.5 Å². The highest BCUT2D eigenvalue weighted by Gasteiger charge is 2.36. The number of aromatic hydroxyl groups is 2. The van der Waals surface area contributed by atoms with Crippen LogP contribution in [0.15, 0.2) is 48.5 Å². The number of phenols is 2. The molecule has 446 valence electrons. The predicted octanol–water partition coefficient (Wildman–Crippen LogP) is -4.33. The van der Waals surface area contributed by atoms with Crippen LogP contribution in [-0.2, 0) is 75.2 Å². The molecule has 0 aromatic heterocycles. The molecule has 29 nitrogen and oxygen atoms in total. The molecule has 30 heteroatoms. The summed E-state index contributed by atoms with van der Waals surface area (Å²) in [5.74, 6) is -12.8. The second-order valence-corrected chi connectivity index (χ2v) is 20.3. The zero-order valence-corrected chi connectivity index (χ0v) is 46.0. The molecule has 0 aliphatic rings. The molecule has 21 N–H and O–H groups in total. The number of nitrogens with one attached hydrogen (secondary N) is 8. The average molecular weight is 1160 g/mol. The Hall–Kier alpha value is -8.38. The third-order valence-electron chi connectivity index (χ3n) is 12.0. The van der Waals surface area contributed by atoms with E-state index in [1.165, 1.54) is 57.2 Å². The summed E-state index contributed by atoms with van der Waals surface area (Å²) in [6.07, 6.45) is -2.80. The van der Waals surface area contributed by atoms with Gasteiger partial charge in [-0.25, -0.2) is 0 Å². The number of rotatable bonds is 37. The highest BCUT2D eigenvalue weighted by Crippen LogP contribution is 2.15. The smallest absolute Gasteiger partial charge is 0.303 e. The lowest BCUT2D eigenvalue weighted by molar-refractivity contribution is -0.139. The number of thioether (sulfide) groups is 1. The second-order valence-electron chi connectivity index (χ2n) is 19.2. The lowest BCUT2D eigenvalue weighted by Gasteiger charge is -2.28. The van der Waals surface area contributed by atoms with E-state index in [1.807, 2.05) is 0 Å². The van der Waals surface area contributed by atoms with Gasteiger partial charge in [0.15, 0.2) is 0 Å². The minimum absolute atomic E-state index is 0.00000332. The number of aliphatic carboxylic acids is 1. The van der Waals surface area contributed by atoms with Gasteiger partial charge in [-0.2, -0.15) is 0 Å². The van der Waals surface area contributed by atoms with Crippen LogP contribution < -0.4 is 71.2 Å². The molecular weight excluding hydrogens is 1080 g/mol. The molecule has 0 aliphatic carbocycles. The molecule has 2 aromatic carbocycles. The first kappa shape index (κ1) is 68.7. The maximum atomic E-state index is 14.2. The minimum atomic E-state index is -1.87. The van der Waals surface area contributed by atoms with Crippen LogP contribution in [0, 0.1) is 5.92 Å². The fraction of sp³-hybridized carbons (Fsp3) is 0.510. The Kier molecular flexibility index (Phi) is 29.9. The van der Waals surface area contributed by atoms with E-state index < -0.39 is 169 Å². The Labute approximate surface area is 470 Å². The maximum absolute atomic E-state index is 14.2. The molecule has 0 radical (unpaired) electrons. The zero-order chi connectivity index (χ0) is 60.9. The zero-order valence-electron chi connectivity index (χ0n) is 45.2. The number of primary amides is 3. The molecule has 0 spiro atoms. The van der Waals surface area contributed by atoms with Crippen molar-refractivity contribution in [3.63, 3.8) is 0 Å². The number of carbonyl (C=O) groups excluding carboxylic acids is 12. The lowest BCUT2D eigenvalue weighted by atomic mass is 10.00. The van der Waals surface area contributed by atoms with Crippen LogP contribution in [0.2, 0.25) is 0 Å². The Balaban J connectivity index is 2.38. The Morgan fingerprint density at radius 2 is 1.01 bits per heavy atom. The Morgan fingerprint density at radius 1 is 0.531 bits per heavy atom. The molecule has 0 aliphatic heterocycles. The van der Waals surface area contributed by atoms with Crippen LogP contribution in [-0.4, -0.2) is 159 Å². The molecule has 0 saturated carbocycles. The summed E-state index contributed by atoms with van der Waals surface area (Å²) in [5.41, 5.74) is 28.7. The van der Waals surface area contributed by atoms with E-state index in [-0.39, 0.29) is 49.5 Å². The van der Waals surface area contributed by atoms with Crippen molar-refractivity contribution in [2.75, 3.05) is 18.8 Å². The van der Waals surface area contributed by atoms with Crippen molar-refractivity contribution in [1.82, 2.24) is 42.5 Å². The van der Waals surface area contributed by atoms with Gasteiger partial charge in [-0.05, 0) is 93.3 Å². The number of amides is 11. The van der Waals surface area contributed by atoms with E-state index in [0.29, 0.717) is 35.7 Å². The van der Waals surface area contributed by atoms with Gasteiger partial charge in [0.25, 0.3) is 0 Å². The molecule has 0 fully saturated rings. The largest absolute Gasteiger partial charge is 0.508 e. The molecular formula is C51H75N13O16S. The van der Waals surface area contributed by atoms with Gasteiger partial charge in [0.1, 0.15) is 53.8 Å². The van der Waals surface area contributed by atoms with Crippen molar-refractivity contribution in [2.24, 2.45) is 34.6 Å². The summed E-state index contributed by atoms with van der Waals surface area (Å²) in [7, 11) is 0. The van der Waals surface area contributed by atoms with Crippen LogP contribution >= 0.6 is 11.8 Å². The van der Waals surface area contributed by atoms with Crippen molar-refractivity contribution in [3.8, 4) is 11.5 Å². The van der Waals surface area contributed by atoms with E-state index in [1.54, 1.807) is 12.1 Å². The number of benzene rings is 2. The number of hydrogen-bond acceptors (Lipinski definition) is 18. The topological polar surface area (TPSA) is 509 Å². The van der Waals surface area contributed by atoms with Crippen molar-refractivity contribution < 1.29 is 77.6 Å². The minimum Gasteiger partial charge on any atom is -0.508 e. The normalized spacial score (nSPS) is 13.9. The van der Waals surface area contributed by atoms with Crippen LogP contribution in [0.1, 0.15) is 89.7 Å². The quantitative estimate of drug-likeness (QED) is 0.0284. The number of carbonyl (C=O) groups is 13. The van der Waals surface area contributed by atoms with Gasteiger partial charge in [-0.3, -0.25) is 62.3 Å². The third kappa shape index (κ3) is 26.9. The number of hydrogen-bond donors (Lipinski definition) is 16. The highest BCUT2D eigenvalue weighted by molar-refractivity contribution is 8.13. The van der Waals surface area contributed by atoms with Gasteiger partial charge < -0.3 is 86.5 Å². The first-order chi connectivity index (χ1) is 38.1. The van der Waals surface area contributed by atoms with E-state index in [9.17, 15) is 77.6 Å². The average Bonchev–Trinajstić information content (AvgIpc) is 3.41. The fourth-order valence-electron chi connectivity index (χ4n) is 7.44. The molecule has 0 heterocycles. The van der Waals surface area contributed by atoms with E-state index in [4.69, 9.17) is 28.7 Å². The molecule has 2 aromatic rings. The van der Waals surface area contributed by atoms with Crippen LogP contribution in [0.4, 0.5) is 0 Å². The van der Waals surface area contributed by atoms with Crippen molar-refractivity contribution >= 4 is 87.8 Å². The van der Waals surface area contributed by atoms with E-state index >= 15 is 0 Å². The highest BCUT2D eigenvalue weighted by atomic mass is 32.2. The van der Waals surface area contributed by atoms with Crippen LogP contribution in [0.3, 0.4) is 0 Å². The molecule has 8 atom stereocenters. The summed E-state index contributed by atoms with van der Waals surface area (Å²) in [6.45, 7) is 4.09. The Bertz CT molecular complexity index is 2540. The monoisotopic (exact) mass is 1160 g/mol. The van der Waals surface area contributed by atoms with E-state index in [0.717, 1.165) is 0 Å². The first-order valence-electron chi connectivity index (χ1n) is 25.7. The molecule has 0 unspecified atom stereocenters. The van der Waals surface area contributed by atoms with Gasteiger partial charge in [0.2, 0.25) is 70.1 Å². The van der Waals surface area contributed by atoms with Crippen molar-refractivity contribution in [1.29, 1.82) is 0 Å². The molecule has 11 amide bonds. The van der Waals surface area contributed by atoms with Gasteiger partial charge in [0.05, 0.1) is 19.0 Å². The fourth-order valence-corrected chi connectivity index (χ4v) is 8.13. The van der Waals surface area contributed by atoms with Crippen molar-refractivity contribution in [3.05, 3.63) is 59.7 Å². The first-order valence-corrected chi connectivity index (χ1v) is 26.7. The van der Waals surface area contributed by atoms with Gasteiger partial charge in [-0.15, -0.1) is 0 Å². The van der Waals surface area contributed by atoms with Gasteiger partial charge in [-0.1, -0.05) is 49.9 Å². The summed E-state index contributed by atoms with van der Waals surface area (Å²) in [4.78, 5) is 169. The number of unbranched alkanes of at least 4 members (excludes halogenated alkanes) is 1. The number of carboxylic acids is 1. The number of carboxylic acid groups (broad SMARTS) is 1. The summed E-state index contributed by atoms with van der Waals surface area (Å²) in [5, 5.41) is 47.9. The van der Waals surface area contributed by atoms with Crippen molar-refractivity contribution in [2.45, 2.75) is 140 Å². The summed E-state index contributed by atoms with van der Waals surface area (Å²) in [6, 6.07) is -0.471. The predicted molar refractivity (Wildman–Crippen MR) is 292 cm³/mol. The lowest BCUT2D eigenvalue weighted by Crippen LogP contribution is -2.61. The van der Waals surface area contributed by atoms with Gasteiger partial charge in [0, 0.05) is 31.4 Å². The standard InChI is InChI=1S/C51H75N13O16S/c1-26(2)43(64-48(77)33(6-4-5-20-52)59-45(74)32(53)22-28-7-11-30(65)12-8-28)51(80)63-37(24-39(55)68)50(79)61-35(16-18-41(70)71)47(76)62-36(23-29-9-13-31(66)14-10-29)49(78)60-34(15-17-38(54)67)46(75)57-25-42(72)81-21-19-40(69)58-27(3)44(56)73/h7-14,26-27,32-37,43,65-66H,4-6,15-25,52-53H2,1-3H3,(H2,54,67)(H2,55,68)(H2,56,73)(H,57,75)(H,58,69)(H,59,74)(H,60,78)(H,61,79)(H,62,76)(H,63,80)(H,64,77)(H,70,71)/t27-,32-,33-,34-,35-,36-,37-,43-/m0/s1. The molecule has 0 saturated heterocycles. The van der Waals surface area contributed by atoms with Gasteiger partial charge >= 0.3 is 5.97 Å². The molecule has 81 heavy (non-hydrogen) atoms. The van der Waals surface area contributed by atoms with Crippen LogP contribution in [0.25, 0.3) is 0 Å². The summed E-state index contributed by atoms with van der Waals surface area (Å²) < 4.78 is 0. The molecule has 0 bridgehead atoms. The number of phenolic OH excluding ortho intramolecular Hbond substituents is 2. The Morgan fingerprint density at radius 3 is 1.54 bits per heavy atom. The molecule has 2 rings (SSSR count). The third-order valence-corrected chi connectivity index (χ3v) is 12.9. The maximum Gasteiger partial charge on any atom is 0.303 e. The van der Waals surface area contributed by atoms with E-state index in [2.05, 4.69) is 42.5 Å².